The maximum Gasteiger partial charge on any atom is 0.308 e. The third-order valence-electron chi connectivity index (χ3n) is 4.05. The lowest BCUT2D eigenvalue weighted by molar-refractivity contribution is -0.169. The molecule has 168 valence electrons. The molecule has 0 atom stereocenters. The zero-order valence-electron chi connectivity index (χ0n) is 17.9. The molecule has 0 aliphatic heterocycles. The van der Waals surface area contributed by atoms with Crippen LogP contribution in [0.25, 0.3) is 0 Å². The monoisotopic (exact) mass is 416 g/mol. The van der Waals surface area contributed by atoms with Crippen LogP contribution in [0.5, 0.6) is 0 Å². The summed E-state index contributed by atoms with van der Waals surface area (Å²) in [6, 6.07) is 0. The van der Waals surface area contributed by atoms with Gasteiger partial charge in [0.15, 0.2) is 0 Å². The zero-order valence-corrected chi connectivity index (χ0v) is 17.9. The highest BCUT2D eigenvalue weighted by atomic mass is 16.7. The van der Waals surface area contributed by atoms with Gasteiger partial charge in [-0.05, 0) is 25.7 Å². The van der Waals surface area contributed by atoms with Crippen LogP contribution in [-0.4, -0.2) is 37.5 Å². The first kappa shape index (κ1) is 26.9. The molecule has 0 aromatic heterocycles. The minimum Gasteiger partial charge on any atom is -0.428 e. The van der Waals surface area contributed by atoms with Gasteiger partial charge >= 0.3 is 23.9 Å². The number of carbonyl (C=O) groups excluding carboxylic acids is 4. The number of hydrogen-bond donors (Lipinski definition) is 0. The smallest absolute Gasteiger partial charge is 0.308 e. The largest absolute Gasteiger partial charge is 0.428 e. The molecule has 0 saturated heterocycles. The molecule has 0 aliphatic rings. The fourth-order valence-electron chi connectivity index (χ4n) is 2.44. The lowest BCUT2D eigenvalue weighted by Crippen LogP contribution is -2.12. The lowest BCUT2D eigenvalue weighted by atomic mass is 10.1. The third-order valence-corrected chi connectivity index (χ3v) is 4.05. The van der Waals surface area contributed by atoms with Crippen LogP contribution in [0, 0.1) is 0 Å². The van der Waals surface area contributed by atoms with Crippen molar-refractivity contribution in [2.45, 2.75) is 97.3 Å². The second kappa shape index (κ2) is 19.2. The molecule has 0 spiro atoms. The predicted octanol–water partition coefficient (Wildman–Crippen LogP) is 4.19. The summed E-state index contributed by atoms with van der Waals surface area (Å²) in [5.41, 5.74) is 0. The maximum absolute atomic E-state index is 11.5. The van der Waals surface area contributed by atoms with Crippen LogP contribution in [0.2, 0.25) is 0 Å². The van der Waals surface area contributed by atoms with E-state index in [4.69, 9.17) is 18.9 Å². The van der Waals surface area contributed by atoms with Crippen LogP contribution >= 0.6 is 0 Å². The molecule has 0 saturated carbocycles. The quantitative estimate of drug-likeness (QED) is 0.186. The van der Waals surface area contributed by atoms with E-state index in [2.05, 4.69) is 0 Å². The summed E-state index contributed by atoms with van der Waals surface area (Å²) in [5, 5.41) is 0. The van der Waals surface area contributed by atoms with E-state index in [1.165, 1.54) is 0 Å². The molecule has 0 aromatic carbocycles. The van der Waals surface area contributed by atoms with E-state index in [1.807, 2.05) is 13.8 Å². The first-order valence-corrected chi connectivity index (χ1v) is 10.6. The van der Waals surface area contributed by atoms with Gasteiger partial charge in [-0.1, -0.05) is 46.0 Å². The fourth-order valence-corrected chi connectivity index (χ4v) is 2.44. The van der Waals surface area contributed by atoms with Gasteiger partial charge in [0, 0.05) is 25.7 Å². The second-order valence-electron chi connectivity index (χ2n) is 6.78. The summed E-state index contributed by atoms with van der Waals surface area (Å²) in [6.07, 6.45) is 9.09. The molecular weight excluding hydrogens is 380 g/mol. The Balaban J connectivity index is 3.38. The number of ether oxygens (including phenoxy) is 4. The molecule has 8 nitrogen and oxygen atoms in total. The molecule has 0 aliphatic carbocycles. The van der Waals surface area contributed by atoms with Crippen LogP contribution in [-0.2, 0) is 38.1 Å². The van der Waals surface area contributed by atoms with Crippen molar-refractivity contribution in [3.8, 4) is 0 Å². The summed E-state index contributed by atoms with van der Waals surface area (Å²) in [7, 11) is 0. The average molecular weight is 417 g/mol. The van der Waals surface area contributed by atoms with Gasteiger partial charge in [0.25, 0.3) is 0 Å². The molecular formula is C21H36O8. The standard InChI is InChI=1S/C21H36O8/c1-3-12-18(22)26-16-28-20(24)14-10-8-6-5-7-9-11-15-21(25)29-17-27-19(23)13-4-2/h3-17H2,1-2H3. The summed E-state index contributed by atoms with van der Waals surface area (Å²) < 4.78 is 19.2. The van der Waals surface area contributed by atoms with Crippen molar-refractivity contribution in [1.29, 1.82) is 0 Å². The van der Waals surface area contributed by atoms with Crippen LogP contribution in [0.1, 0.15) is 97.3 Å². The Kier molecular flexibility index (Phi) is 17.8. The second-order valence-corrected chi connectivity index (χ2v) is 6.78. The van der Waals surface area contributed by atoms with Crippen LogP contribution in [0.4, 0.5) is 0 Å². The Labute approximate surface area is 173 Å². The fraction of sp³-hybridized carbons (Fsp3) is 0.810. The van der Waals surface area contributed by atoms with E-state index in [1.54, 1.807) is 0 Å². The van der Waals surface area contributed by atoms with E-state index in [-0.39, 0.29) is 37.5 Å². The van der Waals surface area contributed by atoms with Crippen molar-refractivity contribution < 1.29 is 38.1 Å². The molecule has 0 amide bonds. The highest BCUT2D eigenvalue weighted by molar-refractivity contribution is 5.71. The van der Waals surface area contributed by atoms with Crippen LogP contribution in [0.15, 0.2) is 0 Å². The Hall–Kier alpha value is -2.12. The van der Waals surface area contributed by atoms with Crippen molar-refractivity contribution in [2.24, 2.45) is 0 Å². The van der Waals surface area contributed by atoms with Gasteiger partial charge in [-0.15, -0.1) is 0 Å². The molecule has 0 fully saturated rings. The van der Waals surface area contributed by atoms with Gasteiger partial charge in [-0.3, -0.25) is 19.2 Å². The molecule has 29 heavy (non-hydrogen) atoms. The summed E-state index contributed by atoms with van der Waals surface area (Å²) >= 11 is 0. The Bertz CT molecular complexity index is 433. The molecule has 0 radical (unpaired) electrons. The number of unbranched alkanes of at least 4 members (excludes halogenated alkanes) is 6. The van der Waals surface area contributed by atoms with Gasteiger partial charge in [-0.2, -0.15) is 0 Å². The molecule has 0 heterocycles. The molecule has 0 N–H and O–H groups in total. The molecule has 0 aromatic rings. The number of hydrogen-bond acceptors (Lipinski definition) is 8. The summed E-state index contributed by atoms with van der Waals surface area (Å²) in [6.45, 7) is 3.14. The molecule has 0 rings (SSSR count). The molecule has 0 bridgehead atoms. The maximum atomic E-state index is 11.5. The van der Waals surface area contributed by atoms with Crippen molar-refractivity contribution in [3.63, 3.8) is 0 Å². The van der Waals surface area contributed by atoms with E-state index < -0.39 is 0 Å². The van der Waals surface area contributed by atoms with Crippen molar-refractivity contribution >= 4 is 23.9 Å². The van der Waals surface area contributed by atoms with E-state index >= 15 is 0 Å². The Morgan fingerprint density at radius 2 is 0.724 bits per heavy atom. The first-order chi connectivity index (χ1) is 14.0. The summed E-state index contributed by atoms with van der Waals surface area (Å²) in [5.74, 6) is -1.42. The van der Waals surface area contributed by atoms with E-state index in [0.717, 1.165) is 44.9 Å². The Morgan fingerprint density at radius 1 is 0.448 bits per heavy atom. The normalized spacial score (nSPS) is 10.3. The van der Waals surface area contributed by atoms with Crippen molar-refractivity contribution in [2.75, 3.05) is 13.6 Å². The number of carbonyl (C=O) groups is 4. The van der Waals surface area contributed by atoms with Gasteiger partial charge in [0.1, 0.15) is 0 Å². The Morgan fingerprint density at radius 3 is 1.03 bits per heavy atom. The van der Waals surface area contributed by atoms with Gasteiger partial charge in [0.05, 0.1) is 0 Å². The highest BCUT2D eigenvalue weighted by Crippen LogP contribution is 2.10. The van der Waals surface area contributed by atoms with Crippen LogP contribution in [0.3, 0.4) is 0 Å². The van der Waals surface area contributed by atoms with Crippen molar-refractivity contribution in [1.82, 2.24) is 0 Å². The topological polar surface area (TPSA) is 105 Å². The number of esters is 4. The van der Waals surface area contributed by atoms with E-state index in [9.17, 15) is 19.2 Å². The lowest BCUT2D eigenvalue weighted by Gasteiger charge is -2.06. The highest BCUT2D eigenvalue weighted by Gasteiger charge is 2.07. The van der Waals surface area contributed by atoms with Gasteiger partial charge in [-0.25, -0.2) is 0 Å². The average Bonchev–Trinajstić information content (AvgIpc) is 2.67. The SMILES string of the molecule is CCCC(=O)OCOC(=O)CCCCCCCCCC(=O)OCOC(=O)CCC. The summed E-state index contributed by atoms with van der Waals surface area (Å²) in [4.78, 5) is 45.2. The minimum atomic E-state index is -0.357. The predicted molar refractivity (Wildman–Crippen MR) is 105 cm³/mol. The molecule has 0 unspecified atom stereocenters. The van der Waals surface area contributed by atoms with Gasteiger partial charge < -0.3 is 18.9 Å². The number of rotatable bonds is 18. The first-order valence-electron chi connectivity index (χ1n) is 10.6. The van der Waals surface area contributed by atoms with Gasteiger partial charge in [0.2, 0.25) is 13.6 Å². The minimum absolute atomic E-state index is 0.304. The third kappa shape index (κ3) is 19.0. The zero-order chi connectivity index (χ0) is 21.7. The van der Waals surface area contributed by atoms with E-state index in [0.29, 0.717) is 38.5 Å². The van der Waals surface area contributed by atoms with Crippen molar-refractivity contribution in [3.05, 3.63) is 0 Å². The molecule has 8 heteroatoms. The van der Waals surface area contributed by atoms with Crippen LogP contribution < -0.4 is 0 Å².